The summed E-state index contributed by atoms with van der Waals surface area (Å²) in [6, 6.07) is -0.239. The molecule has 2 fully saturated rings. The minimum atomic E-state index is -0.761. The van der Waals surface area contributed by atoms with Crippen LogP contribution >= 0.6 is 0 Å². The molecule has 1 amide bonds. The van der Waals surface area contributed by atoms with Gasteiger partial charge in [-0.1, -0.05) is 6.92 Å². The number of aliphatic carboxylic acids is 1. The summed E-state index contributed by atoms with van der Waals surface area (Å²) < 4.78 is 5.33. The van der Waals surface area contributed by atoms with E-state index in [2.05, 4.69) is 5.32 Å². The summed E-state index contributed by atoms with van der Waals surface area (Å²) in [6.45, 7) is 5.21. The Bertz CT molecular complexity index is 355. The van der Waals surface area contributed by atoms with Crippen molar-refractivity contribution in [1.82, 2.24) is 10.2 Å². The Hall–Kier alpha value is -1.14. The molecular formula is C14H24N2O4. The molecule has 2 saturated heterocycles. The number of amides is 1. The summed E-state index contributed by atoms with van der Waals surface area (Å²) in [5, 5.41) is 12.1. The van der Waals surface area contributed by atoms with Gasteiger partial charge in [0.2, 0.25) is 5.91 Å². The van der Waals surface area contributed by atoms with Crippen LogP contribution in [0.1, 0.15) is 26.2 Å². The summed E-state index contributed by atoms with van der Waals surface area (Å²) >= 11 is 0. The summed E-state index contributed by atoms with van der Waals surface area (Å²) in [5.41, 5.74) is 0. The number of carbonyl (C=O) groups excluding carboxylic acids is 1. The lowest BCUT2D eigenvalue weighted by molar-refractivity contribution is -0.139. The Morgan fingerprint density at radius 1 is 1.50 bits per heavy atom. The quantitative estimate of drug-likeness (QED) is 0.777. The highest BCUT2D eigenvalue weighted by Gasteiger charge is 2.32. The molecule has 2 heterocycles. The Morgan fingerprint density at radius 2 is 2.30 bits per heavy atom. The average molecular weight is 284 g/mol. The van der Waals surface area contributed by atoms with Crippen molar-refractivity contribution in [3.63, 3.8) is 0 Å². The number of hydrogen-bond donors (Lipinski definition) is 2. The van der Waals surface area contributed by atoms with Gasteiger partial charge >= 0.3 is 5.97 Å². The lowest BCUT2D eigenvalue weighted by Gasteiger charge is -2.38. The highest BCUT2D eigenvalue weighted by molar-refractivity contribution is 5.82. The molecule has 20 heavy (non-hydrogen) atoms. The molecule has 2 aliphatic rings. The summed E-state index contributed by atoms with van der Waals surface area (Å²) in [5.74, 6) is -0.271. The first-order valence-corrected chi connectivity index (χ1v) is 7.39. The second-order valence-electron chi connectivity index (χ2n) is 5.84. The molecule has 6 heteroatoms. The Balaban J connectivity index is 1.88. The molecule has 0 aromatic heterocycles. The molecule has 0 saturated carbocycles. The van der Waals surface area contributed by atoms with E-state index in [1.54, 1.807) is 0 Å². The van der Waals surface area contributed by atoms with Gasteiger partial charge in [0.1, 0.15) is 6.04 Å². The molecule has 0 aromatic rings. The highest BCUT2D eigenvalue weighted by atomic mass is 16.5. The van der Waals surface area contributed by atoms with E-state index in [1.165, 1.54) is 0 Å². The van der Waals surface area contributed by atoms with Gasteiger partial charge in [0.05, 0.1) is 13.2 Å². The third-order valence-corrected chi connectivity index (χ3v) is 4.29. The average Bonchev–Trinajstić information content (AvgIpc) is 2.47. The lowest BCUT2D eigenvalue weighted by atomic mass is 9.84. The maximum Gasteiger partial charge on any atom is 0.303 e. The van der Waals surface area contributed by atoms with E-state index < -0.39 is 5.97 Å². The molecular weight excluding hydrogens is 260 g/mol. The first-order chi connectivity index (χ1) is 9.58. The van der Waals surface area contributed by atoms with E-state index in [0.717, 1.165) is 19.4 Å². The first kappa shape index (κ1) is 15.3. The standard InChI is InChI=1S/C14H24N2O4/c1-10(7-13(17)18)11-3-2-5-16(8-11)14(19)12-9-20-6-4-15-12/h10-12,15H,2-9H2,1H3,(H,17,18). The SMILES string of the molecule is CC(CC(=O)O)C1CCCN(C(=O)C2COCCN2)C1. The largest absolute Gasteiger partial charge is 0.481 e. The molecule has 3 atom stereocenters. The lowest BCUT2D eigenvalue weighted by Crippen LogP contribution is -2.54. The second kappa shape index (κ2) is 7.04. The number of nitrogens with one attached hydrogen (secondary N) is 1. The van der Waals surface area contributed by atoms with Crippen LogP contribution < -0.4 is 5.32 Å². The van der Waals surface area contributed by atoms with E-state index in [0.29, 0.717) is 26.3 Å². The normalized spacial score (nSPS) is 28.9. The van der Waals surface area contributed by atoms with Crippen molar-refractivity contribution >= 4 is 11.9 Å². The number of rotatable bonds is 4. The van der Waals surface area contributed by atoms with Crippen molar-refractivity contribution in [2.75, 3.05) is 32.8 Å². The topological polar surface area (TPSA) is 78.9 Å². The van der Waals surface area contributed by atoms with Gasteiger partial charge in [0.15, 0.2) is 0 Å². The molecule has 0 bridgehead atoms. The van der Waals surface area contributed by atoms with Crippen molar-refractivity contribution in [2.24, 2.45) is 11.8 Å². The third kappa shape index (κ3) is 3.93. The predicted molar refractivity (Wildman–Crippen MR) is 73.3 cm³/mol. The molecule has 114 valence electrons. The van der Waals surface area contributed by atoms with Gasteiger partial charge < -0.3 is 20.1 Å². The summed E-state index contributed by atoms with van der Waals surface area (Å²) in [7, 11) is 0. The molecule has 2 N–H and O–H groups in total. The van der Waals surface area contributed by atoms with Crippen LogP contribution in [0, 0.1) is 11.8 Å². The van der Waals surface area contributed by atoms with Crippen LogP contribution in [0.2, 0.25) is 0 Å². The number of morpholine rings is 1. The highest BCUT2D eigenvalue weighted by Crippen LogP contribution is 2.26. The number of ether oxygens (including phenoxy) is 1. The number of carbonyl (C=O) groups is 2. The van der Waals surface area contributed by atoms with E-state index in [4.69, 9.17) is 9.84 Å². The molecule has 0 aliphatic carbocycles. The van der Waals surface area contributed by atoms with Crippen molar-refractivity contribution in [3.8, 4) is 0 Å². The van der Waals surface area contributed by atoms with Gasteiger partial charge in [-0.15, -0.1) is 0 Å². The minimum Gasteiger partial charge on any atom is -0.481 e. The smallest absolute Gasteiger partial charge is 0.303 e. The van der Waals surface area contributed by atoms with Crippen LogP contribution in [-0.4, -0.2) is 60.8 Å². The number of hydrogen-bond acceptors (Lipinski definition) is 4. The Morgan fingerprint density at radius 3 is 2.95 bits per heavy atom. The van der Waals surface area contributed by atoms with Gasteiger partial charge in [-0.05, 0) is 24.7 Å². The van der Waals surface area contributed by atoms with E-state index in [1.807, 2.05) is 11.8 Å². The molecule has 3 unspecified atom stereocenters. The van der Waals surface area contributed by atoms with Gasteiger partial charge in [-0.25, -0.2) is 0 Å². The fourth-order valence-corrected chi connectivity index (χ4v) is 3.06. The summed E-state index contributed by atoms with van der Waals surface area (Å²) in [6.07, 6.45) is 2.14. The first-order valence-electron chi connectivity index (χ1n) is 7.39. The van der Waals surface area contributed by atoms with Crippen molar-refractivity contribution in [2.45, 2.75) is 32.2 Å². The molecule has 0 radical (unpaired) electrons. The monoisotopic (exact) mass is 284 g/mol. The van der Waals surface area contributed by atoms with E-state index in [-0.39, 0.29) is 30.2 Å². The van der Waals surface area contributed by atoms with Crippen LogP contribution in [0.5, 0.6) is 0 Å². The number of nitrogens with zero attached hydrogens (tertiary/aromatic N) is 1. The fraction of sp³-hybridized carbons (Fsp3) is 0.857. The molecule has 6 nitrogen and oxygen atoms in total. The number of carboxylic acids is 1. The molecule has 0 spiro atoms. The predicted octanol–water partition coefficient (Wildman–Crippen LogP) is 0.324. The van der Waals surface area contributed by atoms with Crippen LogP contribution in [0.3, 0.4) is 0 Å². The van der Waals surface area contributed by atoms with Crippen LogP contribution in [0.25, 0.3) is 0 Å². The van der Waals surface area contributed by atoms with E-state index >= 15 is 0 Å². The van der Waals surface area contributed by atoms with Crippen LogP contribution in [0.15, 0.2) is 0 Å². The van der Waals surface area contributed by atoms with Crippen molar-refractivity contribution < 1.29 is 19.4 Å². The van der Waals surface area contributed by atoms with Gasteiger partial charge in [-0.3, -0.25) is 9.59 Å². The molecule has 2 aliphatic heterocycles. The maximum atomic E-state index is 12.4. The molecule has 2 rings (SSSR count). The number of carboxylic acid groups (broad SMARTS) is 1. The Labute approximate surface area is 119 Å². The van der Waals surface area contributed by atoms with Crippen LogP contribution in [-0.2, 0) is 14.3 Å². The van der Waals surface area contributed by atoms with Crippen molar-refractivity contribution in [3.05, 3.63) is 0 Å². The zero-order chi connectivity index (χ0) is 14.5. The molecule has 0 aromatic carbocycles. The summed E-state index contributed by atoms with van der Waals surface area (Å²) in [4.78, 5) is 25.1. The number of piperidine rings is 1. The van der Waals surface area contributed by atoms with Gasteiger partial charge in [-0.2, -0.15) is 0 Å². The maximum absolute atomic E-state index is 12.4. The third-order valence-electron chi connectivity index (χ3n) is 4.29. The van der Waals surface area contributed by atoms with Gasteiger partial charge in [0, 0.05) is 26.1 Å². The zero-order valence-corrected chi connectivity index (χ0v) is 12.0. The minimum absolute atomic E-state index is 0.0944. The van der Waals surface area contributed by atoms with Crippen LogP contribution in [0.4, 0.5) is 0 Å². The Kier molecular flexibility index (Phi) is 5.37. The zero-order valence-electron chi connectivity index (χ0n) is 12.0. The van der Waals surface area contributed by atoms with Crippen molar-refractivity contribution in [1.29, 1.82) is 0 Å². The fourth-order valence-electron chi connectivity index (χ4n) is 3.06. The van der Waals surface area contributed by atoms with Gasteiger partial charge in [0.25, 0.3) is 0 Å². The van der Waals surface area contributed by atoms with E-state index in [9.17, 15) is 9.59 Å². The number of likely N-dealkylation sites (tertiary alicyclic amines) is 1. The second-order valence-corrected chi connectivity index (χ2v) is 5.84.